The number of amides is 4. The van der Waals surface area contributed by atoms with Crippen LogP contribution in [0.15, 0.2) is 24.3 Å². The molecule has 1 saturated heterocycles. The van der Waals surface area contributed by atoms with Gasteiger partial charge in [0, 0.05) is 11.6 Å². The highest BCUT2D eigenvalue weighted by atomic mass is 35.5. The van der Waals surface area contributed by atoms with Gasteiger partial charge in [-0.15, -0.1) is 0 Å². The highest BCUT2D eigenvalue weighted by Crippen LogP contribution is 2.18. The number of rotatable bonds is 5. The van der Waals surface area contributed by atoms with E-state index in [-0.39, 0.29) is 13.0 Å². The maximum absolute atomic E-state index is 11.9. The fourth-order valence-corrected chi connectivity index (χ4v) is 2.19. The van der Waals surface area contributed by atoms with Crippen molar-refractivity contribution in [2.24, 2.45) is 0 Å². The number of benzene rings is 1. The molecule has 1 aromatic rings. The van der Waals surface area contributed by atoms with Gasteiger partial charge in [0.2, 0.25) is 0 Å². The third-order valence-electron chi connectivity index (χ3n) is 2.99. The third-order valence-corrected chi connectivity index (χ3v) is 3.36. The fourth-order valence-electron chi connectivity index (χ4n) is 1.96. The Hall–Kier alpha value is -2.41. The molecule has 4 amide bonds. The summed E-state index contributed by atoms with van der Waals surface area (Å²) in [6.07, 6.45) is 0.283. The zero-order chi connectivity index (χ0) is 15.6. The van der Waals surface area contributed by atoms with E-state index in [0.29, 0.717) is 9.92 Å². The van der Waals surface area contributed by atoms with Crippen molar-refractivity contribution in [2.45, 2.75) is 6.42 Å². The van der Waals surface area contributed by atoms with Gasteiger partial charge >= 0.3 is 23.8 Å². The SMILES string of the molecule is O=C(O)CN1C(=O)C(=O)N(CCc2ccccc2Cl)C1=O. The van der Waals surface area contributed by atoms with Gasteiger partial charge in [-0.25, -0.2) is 9.69 Å². The van der Waals surface area contributed by atoms with Crippen LogP contribution in [0, 0.1) is 0 Å². The predicted molar refractivity (Wildman–Crippen MR) is 71.6 cm³/mol. The number of carboxylic acids is 1. The van der Waals surface area contributed by atoms with Gasteiger partial charge in [0.15, 0.2) is 0 Å². The zero-order valence-electron chi connectivity index (χ0n) is 10.8. The van der Waals surface area contributed by atoms with Crippen molar-refractivity contribution < 1.29 is 24.3 Å². The van der Waals surface area contributed by atoms with Crippen LogP contribution < -0.4 is 0 Å². The summed E-state index contributed by atoms with van der Waals surface area (Å²) in [5.41, 5.74) is 0.726. The third kappa shape index (κ3) is 3.03. The fraction of sp³-hybridized carbons (Fsp3) is 0.231. The van der Waals surface area contributed by atoms with Crippen LogP contribution in [0.4, 0.5) is 4.79 Å². The summed E-state index contributed by atoms with van der Waals surface area (Å²) < 4.78 is 0. The Morgan fingerprint density at radius 1 is 1.10 bits per heavy atom. The van der Waals surface area contributed by atoms with Crippen LogP contribution in [0.1, 0.15) is 5.56 Å². The van der Waals surface area contributed by atoms with Crippen molar-refractivity contribution in [3.8, 4) is 0 Å². The summed E-state index contributed by atoms with van der Waals surface area (Å²) in [6, 6.07) is 6.00. The number of urea groups is 1. The van der Waals surface area contributed by atoms with Gasteiger partial charge in [0.05, 0.1) is 0 Å². The van der Waals surface area contributed by atoms with E-state index < -0.39 is 30.4 Å². The number of hydrogen-bond donors (Lipinski definition) is 1. The number of hydrogen-bond acceptors (Lipinski definition) is 4. The van der Waals surface area contributed by atoms with E-state index in [4.69, 9.17) is 16.7 Å². The Balaban J connectivity index is 2.09. The molecule has 0 aromatic heterocycles. The summed E-state index contributed by atoms with van der Waals surface area (Å²) in [7, 11) is 0. The van der Waals surface area contributed by atoms with Crippen LogP contribution in [-0.4, -0.2) is 51.8 Å². The number of carboxylic acid groups (broad SMARTS) is 1. The summed E-state index contributed by atoms with van der Waals surface area (Å²) >= 11 is 5.97. The molecule has 0 aliphatic carbocycles. The molecule has 1 aromatic carbocycles. The van der Waals surface area contributed by atoms with E-state index in [1.54, 1.807) is 24.3 Å². The quantitative estimate of drug-likeness (QED) is 0.640. The molecule has 1 N–H and O–H groups in total. The molecule has 8 heteroatoms. The minimum Gasteiger partial charge on any atom is -0.480 e. The first-order valence-corrected chi connectivity index (χ1v) is 6.42. The van der Waals surface area contributed by atoms with E-state index in [9.17, 15) is 19.2 Å². The van der Waals surface area contributed by atoms with E-state index in [1.165, 1.54) is 0 Å². The largest absolute Gasteiger partial charge is 0.480 e. The lowest BCUT2D eigenvalue weighted by molar-refractivity contribution is -0.146. The molecule has 21 heavy (non-hydrogen) atoms. The van der Waals surface area contributed by atoms with Crippen LogP contribution in [0.2, 0.25) is 5.02 Å². The molecule has 0 radical (unpaired) electrons. The number of halogens is 1. The lowest BCUT2D eigenvalue weighted by atomic mass is 10.1. The number of aliphatic carboxylic acids is 1. The van der Waals surface area contributed by atoms with Crippen LogP contribution >= 0.6 is 11.6 Å². The molecule has 2 rings (SSSR count). The molecular weight excluding hydrogens is 300 g/mol. The monoisotopic (exact) mass is 310 g/mol. The minimum atomic E-state index is -1.36. The molecule has 0 spiro atoms. The van der Waals surface area contributed by atoms with E-state index in [1.807, 2.05) is 0 Å². The first-order chi connectivity index (χ1) is 9.91. The van der Waals surface area contributed by atoms with Crippen LogP contribution in [-0.2, 0) is 20.8 Å². The molecule has 1 fully saturated rings. The molecule has 0 bridgehead atoms. The summed E-state index contributed by atoms with van der Waals surface area (Å²) in [5, 5.41) is 9.12. The second kappa shape index (κ2) is 5.92. The Kier molecular flexibility index (Phi) is 4.23. The average Bonchev–Trinajstić information content (AvgIpc) is 2.62. The first kappa shape index (κ1) is 15.0. The molecule has 0 saturated carbocycles. The lowest BCUT2D eigenvalue weighted by Crippen LogP contribution is -2.37. The van der Waals surface area contributed by atoms with Gasteiger partial charge in [0.1, 0.15) is 6.54 Å². The van der Waals surface area contributed by atoms with Crippen molar-refractivity contribution in [3.63, 3.8) is 0 Å². The molecule has 0 atom stereocenters. The lowest BCUT2D eigenvalue weighted by Gasteiger charge is -2.14. The summed E-state index contributed by atoms with van der Waals surface area (Å²) in [6.45, 7) is -0.866. The number of carbonyl (C=O) groups is 4. The molecular formula is C13H11ClN2O5. The van der Waals surface area contributed by atoms with Crippen LogP contribution in [0.25, 0.3) is 0 Å². The smallest absolute Gasteiger partial charge is 0.334 e. The molecule has 110 valence electrons. The van der Waals surface area contributed by atoms with Crippen molar-refractivity contribution in [1.29, 1.82) is 0 Å². The Morgan fingerprint density at radius 2 is 1.71 bits per heavy atom. The maximum atomic E-state index is 11.9. The maximum Gasteiger partial charge on any atom is 0.334 e. The van der Waals surface area contributed by atoms with Gasteiger partial charge < -0.3 is 5.11 Å². The highest BCUT2D eigenvalue weighted by molar-refractivity contribution is 6.45. The highest BCUT2D eigenvalue weighted by Gasteiger charge is 2.44. The molecule has 7 nitrogen and oxygen atoms in total. The standard InChI is InChI=1S/C13H11ClN2O5/c14-9-4-2-1-3-8(9)5-6-15-11(19)12(20)16(13(15)21)7-10(17)18/h1-4H,5-7H2,(H,17,18). The Bertz CT molecular complexity index is 631. The number of nitrogens with zero attached hydrogens (tertiary/aromatic N) is 2. The Morgan fingerprint density at radius 3 is 2.33 bits per heavy atom. The van der Waals surface area contributed by atoms with E-state index >= 15 is 0 Å². The summed E-state index contributed by atoms with van der Waals surface area (Å²) in [5.74, 6) is -3.51. The van der Waals surface area contributed by atoms with Gasteiger partial charge in [-0.05, 0) is 18.1 Å². The van der Waals surface area contributed by atoms with Crippen molar-refractivity contribution >= 4 is 35.4 Å². The van der Waals surface area contributed by atoms with Crippen molar-refractivity contribution in [1.82, 2.24) is 9.80 Å². The van der Waals surface area contributed by atoms with Gasteiger partial charge in [0.25, 0.3) is 0 Å². The first-order valence-electron chi connectivity index (χ1n) is 6.04. The summed E-state index contributed by atoms with van der Waals surface area (Å²) in [4.78, 5) is 46.9. The van der Waals surface area contributed by atoms with Crippen molar-refractivity contribution in [3.05, 3.63) is 34.9 Å². The van der Waals surface area contributed by atoms with Crippen LogP contribution in [0.5, 0.6) is 0 Å². The Labute approximate surface area is 124 Å². The number of carbonyl (C=O) groups excluding carboxylic acids is 3. The average molecular weight is 311 g/mol. The van der Waals surface area contributed by atoms with Gasteiger partial charge in [-0.2, -0.15) is 0 Å². The van der Waals surface area contributed by atoms with E-state index in [0.717, 1.165) is 10.5 Å². The van der Waals surface area contributed by atoms with Gasteiger partial charge in [-0.1, -0.05) is 29.8 Å². The number of imide groups is 2. The predicted octanol–water partition coefficient (Wildman–Crippen LogP) is 0.758. The second-order valence-corrected chi connectivity index (χ2v) is 4.77. The van der Waals surface area contributed by atoms with Gasteiger partial charge in [-0.3, -0.25) is 19.3 Å². The van der Waals surface area contributed by atoms with Crippen LogP contribution in [0.3, 0.4) is 0 Å². The molecule has 1 aliphatic rings. The molecule has 0 unspecified atom stereocenters. The minimum absolute atomic E-state index is 0.0384. The second-order valence-electron chi connectivity index (χ2n) is 4.37. The van der Waals surface area contributed by atoms with E-state index in [2.05, 4.69) is 0 Å². The normalized spacial score (nSPS) is 15.0. The molecule has 1 aliphatic heterocycles. The van der Waals surface area contributed by atoms with Crippen molar-refractivity contribution in [2.75, 3.05) is 13.1 Å². The topological polar surface area (TPSA) is 95.0 Å². The molecule has 1 heterocycles. The zero-order valence-corrected chi connectivity index (χ0v) is 11.5.